The number of rotatable bonds is 6. The van der Waals surface area contributed by atoms with Crippen LogP contribution in [0.15, 0.2) is 24.3 Å². The van der Waals surface area contributed by atoms with E-state index in [0.717, 1.165) is 25.7 Å². The molecule has 3 N–H and O–H groups in total. The van der Waals surface area contributed by atoms with Gasteiger partial charge in [-0.3, -0.25) is 4.79 Å². The number of carbonyl (C=O) groups excluding carboxylic acids is 1. The van der Waals surface area contributed by atoms with Crippen LogP contribution >= 0.6 is 0 Å². The maximum absolute atomic E-state index is 11.6. The van der Waals surface area contributed by atoms with E-state index in [0.29, 0.717) is 6.42 Å². The van der Waals surface area contributed by atoms with Crippen molar-refractivity contribution in [2.45, 2.75) is 57.5 Å². The lowest BCUT2D eigenvalue weighted by Gasteiger charge is -2.10. The Bertz CT molecular complexity index is 433. The van der Waals surface area contributed by atoms with Gasteiger partial charge < -0.3 is 11.1 Å². The molecule has 1 saturated carbocycles. The van der Waals surface area contributed by atoms with Crippen molar-refractivity contribution in [2.75, 3.05) is 0 Å². The minimum atomic E-state index is 0.0681. The van der Waals surface area contributed by atoms with Crippen LogP contribution in [0.5, 0.6) is 0 Å². The van der Waals surface area contributed by atoms with Gasteiger partial charge in [-0.05, 0) is 50.7 Å². The molecular formula is C16H24N2O. The summed E-state index contributed by atoms with van der Waals surface area (Å²) in [5, 5.41) is 2.91. The van der Waals surface area contributed by atoms with Gasteiger partial charge in [0.2, 0.25) is 5.91 Å². The van der Waals surface area contributed by atoms with Crippen LogP contribution in [0.25, 0.3) is 0 Å². The fourth-order valence-corrected chi connectivity index (χ4v) is 2.22. The molecule has 0 aliphatic heterocycles. The molecule has 3 heteroatoms. The van der Waals surface area contributed by atoms with Gasteiger partial charge in [-0.15, -0.1) is 0 Å². The molecular weight excluding hydrogens is 236 g/mol. The molecule has 0 spiro atoms. The molecule has 0 bridgehead atoms. The van der Waals surface area contributed by atoms with E-state index in [2.05, 4.69) is 29.6 Å². The highest BCUT2D eigenvalue weighted by Crippen LogP contribution is 2.35. The molecule has 1 aliphatic rings. The fourth-order valence-electron chi connectivity index (χ4n) is 2.22. The van der Waals surface area contributed by atoms with Crippen molar-refractivity contribution in [3.05, 3.63) is 35.4 Å². The predicted octanol–water partition coefficient (Wildman–Crippen LogP) is 2.18. The second-order valence-corrected chi connectivity index (χ2v) is 6.08. The van der Waals surface area contributed by atoms with Gasteiger partial charge in [0.15, 0.2) is 0 Å². The molecule has 1 aromatic rings. The summed E-state index contributed by atoms with van der Waals surface area (Å²) in [4.78, 5) is 11.6. The summed E-state index contributed by atoms with van der Waals surface area (Å²) >= 11 is 0. The Kier molecular flexibility index (Phi) is 4.25. The van der Waals surface area contributed by atoms with Crippen LogP contribution in [0.1, 0.15) is 44.2 Å². The Hall–Kier alpha value is -1.35. The minimum absolute atomic E-state index is 0.0681. The SMILES string of the molecule is CC(C)NC(=O)CCc1ccc(CC2(N)CC2)cc1. The summed E-state index contributed by atoms with van der Waals surface area (Å²) in [5.41, 5.74) is 8.69. The van der Waals surface area contributed by atoms with Gasteiger partial charge >= 0.3 is 0 Å². The Morgan fingerprint density at radius 2 is 1.84 bits per heavy atom. The van der Waals surface area contributed by atoms with Gasteiger partial charge in [-0.1, -0.05) is 24.3 Å². The van der Waals surface area contributed by atoms with E-state index in [9.17, 15) is 4.79 Å². The van der Waals surface area contributed by atoms with Crippen LogP contribution in [-0.4, -0.2) is 17.5 Å². The summed E-state index contributed by atoms with van der Waals surface area (Å²) in [7, 11) is 0. The average molecular weight is 260 g/mol. The molecule has 0 heterocycles. The van der Waals surface area contributed by atoms with Crippen molar-refractivity contribution in [3.8, 4) is 0 Å². The van der Waals surface area contributed by atoms with Crippen LogP contribution in [0.3, 0.4) is 0 Å². The number of carbonyl (C=O) groups is 1. The molecule has 19 heavy (non-hydrogen) atoms. The first-order chi connectivity index (χ1) is 8.97. The lowest BCUT2D eigenvalue weighted by atomic mass is 10.0. The monoisotopic (exact) mass is 260 g/mol. The molecule has 104 valence electrons. The first kappa shape index (κ1) is 14.1. The smallest absolute Gasteiger partial charge is 0.220 e. The van der Waals surface area contributed by atoms with E-state index in [1.54, 1.807) is 0 Å². The first-order valence-corrected chi connectivity index (χ1v) is 7.13. The molecule has 1 aromatic carbocycles. The molecule has 1 fully saturated rings. The van der Waals surface area contributed by atoms with Crippen LogP contribution in [-0.2, 0) is 17.6 Å². The van der Waals surface area contributed by atoms with Crippen molar-refractivity contribution in [2.24, 2.45) is 5.73 Å². The van der Waals surface area contributed by atoms with Gasteiger partial charge in [0, 0.05) is 18.0 Å². The third kappa shape index (κ3) is 4.67. The van der Waals surface area contributed by atoms with Gasteiger partial charge in [-0.2, -0.15) is 0 Å². The van der Waals surface area contributed by atoms with E-state index < -0.39 is 0 Å². The molecule has 0 unspecified atom stereocenters. The lowest BCUT2D eigenvalue weighted by Crippen LogP contribution is -2.30. The zero-order valence-corrected chi connectivity index (χ0v) is 11.9. The Balaban J connectivity index is 1.80. The summed E-state index contributed by atoms with van der Waals surface area (Å²) in [6, 6.07) is 8.73. The Morgan fingerprint density at radius 1 is 1.26 bits per heavy atom. The second kappa shape index (κ2) is 5.74. The average Bonchev–Trinajstić information content (AvgIpc) is 3.05. The lowest BCUT2D eigenvalue weighted by molar-refractivity contribution is -0.121. The van der Waals surface area contributed by atoms with Crippen LogP contribution < -0.4 is 11.1 Å². The third-order valence-corrected chi connectivity index (χ3v) is 3.56. The molecule has 2 rings (SSSR count). The second-order valence-electron chi connectivity index (χ2n) is 6.08. The first-order valence-electron chi connectivity index (χ1n) is 7.13. The van der Waals surface area contributed by atoms with Crippen LogP contribution in [0, 0.1) is 0 Å². The van der Waals surface area contributed by atoms with E-state index in [4.69, 9.17) is 5.73 Å². The largest absolute Gasteiger partial charge is 0.354 e. The molecule has 0 saturated heterocycles. The highest BCUT2D eigenvalue weighted by molar-refractivity contribution is 5.76. The van der Waals surface area contributed by atoms with Crippen molar-refractivity contribution in [1.82, 2.24) is 5.32 Å². The van der Waals surface area contributed by atoms with Crippen molar-refractivity contribution in [3.63, 3.8) is 0 Å². The Labute approximate surface area is 115 Å². The van der Waals surface area contributed by atoms with E-state index in [1.165, 1.54) is 11.1 Å². The fraction of sp³-hybridized carbons (Fsp3) is 0.562. The molecule has 0 atom stereocenters. The minimum Gasteiger partial charge on any atom is -0.354 e. The van der Waals surface area contributed by atoms with Crippen molar-refractivity contribution < 1.29 is 4.79 Å². The molecule has 1 aliphatic carbocycles. The number of amides is 1. The van der Waals surface area contributed by atoms with Gasteiger partial charge in [0.1, 0.15) is 0 Å². The molecule has 0 aromatic heterocycles. The molecule has 0 radical (unpaired) electrons. The maximum Gasteiger partial charge on any atom is 0.220 e. The van der Waals surface area contributed by atoms with Gasteiger partial charge in [0.05, 0.1) is 0 Å². The standard InChI is InChI=1S/C16H24N2O/c1-12(2)18-15(19)8-7-13-3-5-14(6-4-13)11-16(17)9-10-16/h3-6,12H,7-11,17H2,1-2H3,(H,18,19). The van der Waals surface area contributed by atoms with Crippen LogP contribution in [0.2, 0.25) is 0 Å². The number of nitrogens with one attached hydrogen (secondary N) is 1. The van der Waals surface area contributed by atoms with E-state index in [-0.39, 0.29) is 17.5 Å². The summed E-state index contributed by atoms with van der Waals surface area (Å²) in [5.74, 6) is 0.123. The zero-order valence-electron chi connectivity index (χ0n) is 11.9. The number of nitrogens with two attached hydrogens (primary N) is 1. The third-order valence-electron chi connectivity index (χ3n) is 3.56. The Morgan fingerprint density at radius 3 is 2.37 bits per heavy atom. The predicted molar refractivity (Wildman–Crippen MR) is 77.9 cm³/mol. The van der Waals surface area contributed by atoms with Gasteiger partial charge in [-0.25, -0.2) is 0 Å². The summed E-state index contributed by atoms with van der Waals surface area (Å²) in [6.45, 7) is 3.96. The van der Waals surface area contributed by atoms with Crippen LogP contribution in [0.4, 0.5) is 0 Å². The van der Waals surface area contributed by atoms with Gasteiger partial charge in [0.25, 0.3) is 0 Å². The van der Waals surface area contributed by atoms with E-state index >= 15 is 0 Å². The zero-order chi connectivity index (χ0) is 13.9. The number of hydrogen-bond acceptors (Lipinski definition) is 2. The summed E-state index contributed by atoms with van der Waals surface area (Å²) in [6.07, 6.45) is 4.61. The normalized spacial score (nSPS) is 16.4. The molecule has 3 nitrogen and oxygen atoms in total. The highest BCUT2D eigenvalue weighted by atomic mass is 16.1. The molecule has 1 amide bonds. The number of benzene rings is 1. The summed E-state index contributed by atoms with van der Waals surface area (Å²) < 4.78 is 0. The van der Waals surface area contributed by atoms with E-state index in [1.807, 2.05) is 13.8 Å². The number of aryl methyl sites for hydroxylation is 1. The quantitative estimate of drug-likeness (QED) is 0.823. The number of hydrogen-bond donors (Lipinski definition) is 2. The maximum atomic E-state index is 11.6. The van der Waals surface area contributed by atoms with Crippen molar-refractivity contribution in [1.29, 1.82) is 0 Å². The topological polar surface area (TPSA) is 55.1 Å². The highest BCUT2D eigenvalue weighted by Gasteiger charge is 2.37. The van der Waals surface area contributed by atoms with Crippen molar-refractivity contribution >= 4 is 5.91 Å².